The Morgan fingerprint density at radius 1 is 1.19 bits per heavy atom. The quantitative estimate of drug-likeness (QED) is 0.727. The average Bonchev–Trinajstić information content (AvgIpc) is 2.77. The first kappa shape index (κ1) is 12.4. The molecule has 0 radical (unpaired) electrons. The summed E-state index contributed by atoms with van der Waals surface area (Å²) in [4.78, 5) is 14.0. The Labute approximate surface area is 107 Å². The maximum Gasteiger partial charge on any atom is 0.236 e. The van der Waals surface area contributed by atoms with Gasteiger partial charge >= 0.3 is 0 Å². The van der Waals surface area contributed by atoms with Gasteiger partial charge in [-0.3, -0.25) is 4.79 Å². The number of halogens is 1. The van der Waals surface area contributed by atoms with Gasteiger partial charge < -0.3 is 4.90 Å². The highest BCUT2D eigenvalue weighted by molar-refractivity contribution is 9.10. The Morgan fingerprint density at radius 2 is 1.94 bits per heavy atom. The number of hydrogen-bond acceptors (Lipinski definition) is 1. The van der Waals surface area contributed by atoms with Gasteiger partial charge in [-0.15, -0.1) is 0 Å². The fourth-order valence-corrected chi connectivity index (χ4v) is 3.60. The van der Waals surface area contributed by atoms with Crippen molar-refractivity contribution in [2.24, 2.45) is 5.92 Å². The highest BCUT2D eigenvalue weighted by Gasteiger charge is 2.26. The van der Waals surface area contributed by atoms with Crippen molar-refractivity contribution in [1.29, 1.82) is 0 Å². The lowest BCUT2D eigenvalue weighted by molar-refractivity contribution is -0.132. The molecule has 0 bridgehead atoms. The summed E-state index contributed by atoms with van der Waals surface area (Å²) in [7, 11) is 0. The number of nitrogens with zero attached hydrogens (tertiary/aromatic N) is 1. The molecule has 0 aromatic carbocycles. The van der Waals surface area contributed by atoms with Crippen molar-refractivity contribution in [3.63, 3.8) is 0 Å². The lowest BCUT2D eigenvalue weighted by atomic mass is 10.0. The minimum atomic E-state index is 0.0905. The Bertz CT molecular complexity index is 238. The van der Waals surface area contributed by atoms with E-state index in [4.69, 9.17) is 0 Å². The lowest BCUT2D eigenvalue weighted by Crippen LogP contribution is -2.42. The van der Waals surface area contributed by atoms with E-state index in [0.29, 0.717) is 5.91 Å². The van der Waals surface area contributed by atoms with Crippen molar-refractivity contribution >= 4 is 21.8 Å². The molecule has 0 spiro atoms. The smallest absolute Gasteiger partial charge is 0.236 e. The largest absolute Gasteiger partial charge is 0.342 e. The number of carbonyl (C=O) groups excluding carboxylic acids is 1. The van der Waals surface area contributed by atoms with Crippen molar-refractivity contribution in [2.75, 3.05) is 13.1 Å². The van der Waals surface area contributed by atoms with E-state index in [1.807, 2.05) is 0 Å². The number of piperidine rings is 1. The molecule has 0 aromatic heterocycles. The second-order valence-electron chi connectivity index (χ2n) is 5.23. The van der Waals surface area contributed by atoms with Crippen LogP contribution in [0.2, 0.25) is 0 Å². The molecule has 2 nitrogen and oxygen atoms in total. The fraction of sp³-hybridized carbons (Fsp3) is 0.923. The van der Waals surface area contributed by atoms with Crippen molar-refractivity contribution in [1.82, 2.24) is 4.90 Å². The Morgan fingerprint density at radius 3 is 2.69 bits per heavy atom. The number of likely N-dealkylation sites (tertiary alicyclic amines) is 1. The molecular formula is C13H22BrNO. The summed E-state index contributed by atoms with van der Waals surface area (Å²) in [6.45, 7) is 1.96. The zero-order chi connectivity index (χ0) is 11.4. The minimum Gasteiger partial charge on any atom is -0.342 e. The Balaban J connectivity index is 1.66. The van der Waals surface area contributed by atoms with E-state index in [1.54, 1.807) is 0 Å². The third-order valence-corrected chi connectivity index (χ3v) is 4.83. The van der Waals surface area contributed by atoms with Gasteiger partial charge in [0.25, 0.3) is 0 Å². The van der Waals surface area contributed by atoms with Gasteiger partial charge in [0.05, 0.1) is 4.83 Å². The van der Waals surface area contributed by atoms with Gasteiger partial charge in [-0.1, -0.05) is 41.6 Å². The van der Waals surface area contributed by atoms with E-state index in [1.165, 1.54) is 38.5 Å². The van der Waals surface area contributed by atoms with Gasteiger partial charge in [0.1, 0.15) is 0 Å². The van der Waals surface area contributed by atoms with Crippen LogP contribution >= 0.6 is 15.9 Å². The van der Waals surface area contributed by atoms with Gasteiger partial charge in [0, 0.05) is 13.1 Å². The highest BCUT2D eigenvalue weighted by atomic mass is 79.9. The highest BCUT2D eigenvalue weighted by Crippen LogP contribution is 2.28. The van der Waals surface area contributed by atoms with Gasteiger partial charge in [-0.2, -0.15) is 0 Å². The van der Waals surface area contributed by atoms with Gasteiger partial charge in [0.2, 0.25) is 5.91 Å². The summed E-state index contributed by atoms with van der Waals surface area (Å²) in [6, 6.07) is 0. The monoisotopic (exact) mass is 287 g/mol. The molecule has 2 rings (SSSR count). The second-order valence-corrected chi connectivity index (χ2v) is 6.33. The molecule has 1 saturated carbocycles. The SMILES string of the molecule is O=C1C(Br)CCCN1CCCC1CCCC1. The number of alkyl halides is 1. The van der Waals surface area contributed by atoms with Gasteiger partial charge in [-0.25, -0.2) is 0 Å². The van der Waals surface area contributed by atoms with E-state index in [-0.39, 0.29) is 4.83 Å². The first-order valence-corrected chi connectivity index (χ1v) is 7.62. The molecular weight excluding hydrogens is 266 g/mol. The normalized spacial score (nSPS) is 27.7. The summed E-state index contributed by atoms with van der Waals surface area (Å²) in [6.07, 6.45) is 10.4. The van der Waals surface area contributed by atoms with Crippen molar-refractivity contribution in [2.45, 2.75) is 56.2 Å². The van der Waals surface area contributed by atoms with Crippen molar-refractivity contribution in [3.05, 3.63) is 0 Å². The molecule has 0 N–H and O–H groups in total. The molecule has 1 aliphatic carbocycles. The summed E-state index contributed by atoms with van der Waals surface area (Å²) >= 11 is 3.46. The lowest BCUT2D eigenvalue weighted by Gasteiger charge is -2.30. The minimum absolute atomic E-state index is 0.0905. The molecule has 2 aliphatic rings. The van der Waals surface area contributed by atoms with Crippen LogP contribution in [0.15, 0.2) is 0 Å². The molecule has 92 valence electrons. The average molecular weight is 288 g/mol. The number of carbonyl (C=O) groups is 1. The molecule has 1 saturated heterocycles. The molecule has 0 aromatic rings. The predicted octanol–water partition coefficient (Wildman–Crippen LogP) is 3.34. The third kappa shape index (κ3) is 3.22. The summed E-state index contributed by atoms with van der Waals surface area (Å²) in [5.41, 5.74) is 0. The molecule has 1 atom stereocenters. The first-order valence-electron chi connectivity index (χ1n) is 6.70. The van der Waals surface area contributed by atoms with Crippen LogP contribution in [0.1, 0.15) is 51.4 Å². The van der Waals surface area contributed by atoms with Crippen LogP contribution in [0.4, 0.5) is 0 Å². The molecule has 16 heavy (non-hydrogen) atoms. The van der Waals surface area contributed by atoms with E-state index in [2.05, 4.69) is 20.8 Å². The number of amides is 1. The number of rotatable bonds is 4. The van der Waals surface area contributed by atoms with Crippen LogP contribution in [0.5, 0.6) is 0 Å². The van der Waals surface area contributed by atoms with E-state index >= 15 is 0 Å². The van der Waals surface area contributed by atoms with Crippen molar-refractivity contribution < 1.29 is 4.79 Å². The standard InChI is InChI=1S/C13H22BrNO/c14-12-8-4-10-15(13(12)16)9-3-7-11-5-1-2-6-11/h11-12H,1-10H2. The summed E-state index contributed by atoms with van der Waals surface area (Å²) in [5.74, 6) is 1.28. The van der Waals surface area contributed by atoms with Crippen LogP contribution < -0.4 is 0 Å². The van der Waals surface area contributed by atoms with Crippen LogP contribution in [-0.4, -0.2) is 28.7 Å². The van der Waals surface area contributed by atoms with E-state index < -0.39 is 0 Å². The topological polar surface area (TPSA) is 20.3 Å². The van der Waals surface area contributed by atoms with Gasteiger partial charge in [0.15, 0.2) is 0 Å². The maximum atomic E-state index is 11.8. The predicted molar refractivity (Wildman–Crippen MR) is 69.7 cm³/mol. The first-order chi connectivity index (χ1) is 7.77. The third-order valence-electron chi connectivity index (χ3n) is 3.98. The Hall–Kier alpha value is -0.0500. The zero-order valence-electron chi connectivity index (χ0n) is 9.96. The molecule has 2 fully saturated rings. The van der Waals surface area contributed by atoms with E-state index in [0.717, 1.165) is 31.8 Å². The maximum absolute atomic E-state index is 11.8. The molecule has 1 heterocycles. The van der Waals surface area contributed by atoms with Crippen LogP contribution in [0, 0.1) is 5.92 Å². The Kier molecular flexibility index (Phi) is 4.68. The van der Waals surface area contributed by atoms with Gasteiger partial charge in [-0.05, 0) is 31.6 Å². The molecule has 1 unspecified atom stereocenters. The van der Waals surface area contributed by atoms with E-state index in [9.17, 15) is 4.79 Å². The summed E-state index contributed by atoms with van der Waals surface area (Å²) in [5, 5.41) is 0. The number of hydrogen-bond donors (Lipinski definition) is 0. The summed E-state index contributed by atoms with van der Waals surface area (Å²) < 4.78 is 0. The fourth-order valence-electron chi connectivity index (χ4n) is 2.98. The van der Waals surface area contributed by atoms with Crippen LogP contribution in [0.3, 0.4) is 0 Å². The van der Waals surface area contributed by atoms with Crippen LogP contribution in [0.25, 0.3) is 0 Å². The zero-order valence-corrected chi connectivity index (χ0v) is 11.5. The van der Waals surface area contributed by atoms with Crippen molar-refractivity contribution in [3.8, 4) is 0 Å². The van der Waals surface area contributed by atoms with Crippen LogP contribution in [-0.2, 0) is 4.79 Å². The molecule has 1 amide bonds. The molecule has 1 aliphatic heterocycles. The molecule has 3 heteroatoms. The second kappa shape index (κ2) is 6.04.